The van der Waals surface area contributed by atoms with Crippen molar-refractivity contribution in [1.82, 2.24) is 20.6 Å². The van der Waals surface area contributed by atoms with Gasteiger partial charge in [0.2, 0.25) is 5.91 Å². The molecule has 7 nitrogen and oxygen atoms in total. The molecule has 1 aromatic carbocycles. The molecular weight excluding hydrogens is 363 g/mol. The number of nitrogens with zero attached hydrogens (tertiary/aromatic N) is 1. The minimum absolute atomic E-state index is 0.0678. The molecule has 0 saturated heterocycles. The van der Waals surface area contributed by atoms with Crippen LogP contribution >= 0.6 is 0 Å². The molecule has 28 heavy (non-hydrogen) atoms. The highest BCUT2D eigenvalue weighted by molar-refractivity contribution is 5.94. The Kier molecular flexibility index (Phi) is 6.76. The number of aliphatic hydroxyl groups excluding tert-OH is 1. The van der Waals surface area contributed by atoms with E-state index >= 15 is 0 Å². The van der Waals surface area contributed by atoms with E-state index in [1.54, 1.807) is 12.4 Å². The van der Waals surface area contributed by atoms with Crippen LogP contribution in [0.5, 0.6) is 0 Å². The minimum Gasteiger partial charge on any atom is -0.391 e. The van der Waals surface area contributed by atoms with Crippen molar-refractivity contribution in [3.8, 4) is 0 Å². The fourth-order valence-corrected chi connectivity index (χ4v) is 3.45. The van der Waals surface area contributed by atoms with E-state index in [1.807, 2.05) is 0 Å². The summed E-state index contributed by atoms with van der Waals surface area (Å²) in [5.41, 5.74) is 0.338. The van der Waals surface area contributed by atoms with Gasteiger partial charge in [-0.2, -0.15) is 0 Å². The van der Waals surface area contributed by atoms with Gasteiger partial charge < -0.3 is 20.7 Å². The normalized spacial score (nSPS) is 21.9. The first kappa shape index (κ1) is 20.0. The largest absolute Gasteiger partial charge is 0.391 e. The summed E-state index contributed by atoms with van der Waals surface area (Å²) in [7, 11) is 0. The van der Waals surface area contributed by atoms with Gasteiger partial charge in [-0.3, -0.25) is 9.59 Å². The van der Waals surface area contributed by atoms with E-state index in [4.69, 9.17) is 0 Å². The summed E-state index contributed by atoms with van der Waals surface area (Å²) in [5, 5.41) is 16.0. The maximum atomic E-state index is 13.0. The number of hydrogen-bond acceptors (Lipinski definition) is 4. The SMILES string of the molecule is O=C(N[C@H]1CC[C@H](C(=O)NCCCc2ncc[nH]2)C[C@@H]1O)c1ccc(F)cc1. The molecular formula is C20H25FN4O3. The highest BCUT2D eigenvalue weighted by atomic mass is 19.1. The van der Waals surface area contributed by atoms with Crippen molar-refractivity contribution in [2.75, 3.05) is 6.54 Å². The van der Waals surface area contributed by atoms with Crippen LogP contribution in [0.3, 0.4) is 0 Å². The Morgan fingerprint density at radius 3 is 2.71 bits per heavy atom. The Balaban J connectivity index is 1.40. The van der Waals surface area contributed by atoms with Gasteiger partial charge in [-0.1, -0.05) is 0 Å². The number of imidazole rings is 1. The molecule has 0 aliphatic heterocycles. The van der Waals surface area contributed by atoms with Crippen LogP contribution in [0, 0.1) is 11.7 Å². The zero-order valence-electron chi connectivity index (χ0n) is 15.5. The Labute approximate surface area is 162 Å². The van der Waals surface area contributed by atoms with Crippen molar-refractivity contribution in [3.05, 3.63) is 53.9 Å². The molecule has 1 aromatic heterocycles. The molecule has 2 aromatic rings. The average Bonchev–Trinajstić information content (AvgIpc) is 3.20. The Hall–Kier alpha value is -2.74. The molecule has 1 heterocycles. The predicted molar refractivity (Wildman–Crippen MR) is 101 cm³/mol. The van der Waals surface area contributed by atoms with Gasteiger partial charge in [0.05, 0.1) is 12.1 Å². The fraction of sp³-hybridized carbons (Fsp3) is 0.450. The van der Waals surface area contributed by atoms with Gasteiger partial charge in [-0.05, 0) is 49.9 Å². The van der Waals surface area contributed by atoms with Crippen LogP contribution in [-0.2, 0) is 11.2 Å². The number of nitrogens with one attached hydrogen (secondary N) is 3. The number of aromatic amines is 1. The number of aliphatic hydroxyl groups is 1. The Morgan fingerprint density at radius 1 is 1.25 bits per heavy atom. The van der Waals surface area contributed by atoms with Gasteiger partial charge in [0.15, 0.2) is 0 Å². The number of H-pyrrole nitrogens is 1. The van der Waals surface area contributed by atoms with E-state index in [0.29, 0.717) is 31.4 Å². The molecule has 8 heteroatoms. The van der Waals surface area contributed by atoms with Crippen LogP contribution in [0.25, 0.3) is 0 Å². The second kappa shape index (κ2) is 9.45. The second-order valence-electron chi connectivity index (χ2n) is 7.09. The lowest BCUT2D eigenvalue weighted by Crippen LogP contribution is -2.49. The van der Waals surface area contributed by atoms with Crippen molar-refractivity contribution in [1.29, 1.82) is 0 Å². The number of rotatable bonds is 7. The van der Waals surface area contributed by atoms with E-state index in [0.717, 1.165) is 18.7 Å². The first-order chi connectivity index (χ1) is 13.5. The summed E-state index contributed by atoms with van der Waals surface area (Å²) in [6.07, 6.45) is 5.62. The fourth-order valence-electron chi connectivity index (χ4n) is 3.45. The molecule has 1 aliphatic rings. The van der Waals surface area contributed by atoms with Crippen LogP contribution in [0.2, 0.25) is 0 Å². The third-order valence-electron chi connectivity index (χ3n) is 5.05. The van der Waals surface area contributed by atoms with Gasteiger partial charge in [-0.15, -0.1) is 0 Å². The molecule has 1 aliphatic carbocycles. The van der Waals surface area contributed by atoms with Crippen molar-refractivity contribution in [2.45, 2.75) is 44.2 Å². The van der Waals surface area contributed by atoms with Crippen LogP contribution in [-0.4, -0.2) is 45.6 Å². The van der Waals surface area contributed by atoms with Gasteiger partial charge in [0.1, 0.15) is 11.6 Å². The molecule has 1 saturated carbocycles. The van der Waals surface area contributed by atoms with E-state index in [1.165, 1.54) is 24.3 Å². The number of amides is 2. The Morgan fingerprint density at radius 2 is 2.04 bits per heavy atom. The van der Waals surface area contributed by atoms with E-state index in [-0.39, 0.29) is 17.7 Å². The number of aromatic nitrogens is 2. The van der Waals surface area contributed by atoms with Gasteiger partial charge in [0, 0.05) is 36.8 Å². The lowest BCUT2D eigenvalue weighted by atomic mass is 9.83. The van der Waals surface area contributed by atoms with Crippen LogP contribution in [0.1, 0.15) is 41.9 Å². The summed E-state index contributed by atoms with van der Waals surface area (Å²) in [6, 6.07) is 4.83. The van der Waals surface area contributed by atoms with Crippen molar-refractivity contribution in [3.63, 3.8) is 0 Å². The maximum absolute atomic E-state index is 13.0. The third kappa shape index (κ3) is 5.39. The van der Waals surface area contributed by atoms with E-state index in [2.05, 4.69) is 20.6 Å². The summed E-state index contributed by atoms with van der Waals surface area (Å²) >= 11 is 0. The monoisotopic (exact) mass is 388 g/mol. The zero-order valence-corrected chi connectivity index (χ0v) is 15.5. The lowest BCUT2D eigenvalue weighted by molar-refractivity contribution is -0.127. The van der Waals surface area contributed by atoms with E-state index in [9.17, 15) is 19.1 Å². The number of halogens is 1. The van der Waals surface area contributed by atoms with Crippen molar-refractivity contribution in [2.24, 2.45) is 5.92 Å². The molecule has 0 spiro atoms. The zero-order chi connectivity index (χ0) is 19.9. The van der Waals surface area contributed by atoms with Crippen LogP contribution in [0.15, 0.2) is 36.7 Å². The standard InChI is InChI=1S/C20H25FN4O3/c21-15-6-3-13(4-7-15)20(28)25-16-8-5-14(12-17(16)26)19(27)24-9-1-2-18-22-10-11-23-18/h3-4,6-7,10-11,14,16-17,26H,1-2,5,8-9,12H2,(H,22,23)(H,24,27)(H,25,28)/t14-,16-,17-/m0/s1. The van der Waals surface area contributed by atoms with Gasteiger partial charge in [0.25, 0.3) is 5.91 Å². The molecule has 3 atom stereocenters. The maximum Gasteiger partial charge on any atom is 0.251 e. The third-order valence-corrected chi connectivity index (χ3v) is 5.05. The minimum atomic E-state index is -0.794. The highest BCUT2D eigenvalue weighted by Crippen LogP contribution is 2.25. The molecule has 0 bridgehead atoms. The highest BCUT2D eigenvalue weighted by Gasteiger charge is 2.33. The lowest BCUT2D eigenvalue weighted by Gasteiger charge is -2.33. The van der Waals surface area contributed by atoms with Crippen LogP contribution in [0.4, 0.5) is 4.39 Å². The second-order valence-corrected chi connectivity index (χ2v) is 7.09. The molecule has 1 fully saturated rings. The molecule has 150 valence electrons. The van der Waals surface area contributed by atoms with Crippen molar-refractivity contribution >= 4 is 11.8 Å². The number of carbonyl (C=O) groups excluding carboxylic acids is 2. The van der Waals surface area contributed by atoms with Gasteiger partial charge in [-0.25, -0.2) is 9.37 Å². The summed E-state index contributed by atoms with van der Waals surface area (Å²) < 4.78 is 13.0. The first-order valence-corrected chi connectivity index (χ1v) is 9.53. The summed E-state index contributed by atoms with van der Waals surface area (Å²) in [6.45, 7) is 0.552. The van der Waals surface area contributed by atoms with Crippen molar-refractivity contribution < 1.29 is 19.1 Å². The Bertz CT molecular complexity index is 779. The number of carbonyl (C=O) groups is 2. The molecule has 4 N–H and O–H groups in total. The van der Waals surface area contributed by atoms with E-state index < -0.39 is 18.0 Å². The molecule has 2 amide bonds. The van der Waals surface area contributed by atoms with Gasteiger partial charge >= 0.3 is 0 Å². The number of hydrogen-bond donors (Lipinski definition) is 4. The number of benzene rings is 1. The predicted octanol–water partition coefficient (Wildman–Crippen LogP) is 1.56. The topological polar surface area (TPSA) is 107 Å². The molecule has 0 unspecified atom stereocenters. The average molecular weight is 388 g/mol. The molecule has 3 rings (SSSR count). The molecule has 0 radical (unpaired) electrons. The first-order valence-electron chi connectivity index (χ1n) is 9.53. The smallest absolute Gasteiger partial charge is 0.251 e. The summed E-state index contributed by atoms with van der Waals surface area (Å²) in [4.78, 5) is 31.7. The quantitative estimate of drug-likeness (QED) is 0.540. The number of aryl methyl sites for hydroxylation is 1. The van der Waals surface area contributed by atoms with Crippen LogP contribution < -0.4 is 10.6 Å². The summed E-state index contributed by atoms with van der Waals surface area (Å²) in [5.74, 6) is -0.210.